The first-order valence-corrected chi connectivity index (χ1v) is 6.59. The van der Waals surface area contributed by atoms with Crippen LogP contribution in [0, 0.1) is 4.77 Å². The summed E-state index contributed by atoms with van der Waals surface area (Å²) in [6.07, 6.45) is 2.17. The molecule has 0 atom stereocenters. The topological polar surface area (TPSA) is 49.8 Å². The Morgan fingerprint density at radius 3 is 3.06 bits per heavy atom. The summed E-state index contributed by atoms with van der Waals surface area (Å²) >= 11 is 11.1. The van der Waals surface area contributed by atoms with E-state index in [9.17, 15) is 4.79 Å². The predicted molar refractivity (Wildman–Crippen MR) is 73.3 cm³/mol. The van der Waals surface area contributed by atoms with Crippen LogP contribution in [0.3, 0.4) is 0 Å². The minimum atomic E-state index is 0.00412. The van der Waals surface area contributed by atoms with Gasteiger partial charge in [-0.05, 0) is 43.3 Å². The third-order valence-electron chi connectivity index (χ3n) is 2.98. The molecule has 1 saturated carbocycles. The van der Waals surface area contributed by atoms with Crippen LogP contribution < -0.4 is 5.32 Å². The van der Waals surface area contributed by atoms with E-state index in [0.29, 0.717) is 15.8 Å². The van der Waals surface area contributed by atoms with Crippen LogP contribution in [-0.2, 0) is 11.3 Å². The number of amides is 1. The number of carbonyl (C=O) groups is 1. The molecule has 0 radical (unpaired) electrons. The van der Waals surface area contributed by atoms with Crippen molar-refractivity contribution in [1.82, 2.24) is 14.9 Å². The molecule has 1 heterocycles. The normalized spacial score (nSPS) is 14.9. The Morgan fingerprint density at radius 1 is 1.56 bits per heavy atom. The number of hydrogen-bond acceptors (Lipinski definition) is 2. The number of aromatic amines is 1. The van der Waals surface area contributed by atoms with Gasteiger partial charge < -0.3 is 14.9 Å². The monoisotopic (exact) mass is 281 g/mol. The van der Waals surface area contributed by atoms with Crippen molar-refractivity contribution in [2.75, 3.05) is 0 Å². The number of carbonyl (C=O) groups excluding carboxylic acids is 1. The third kappa shape index (κ3) is 2.28. The van der Waals surface area contributed by atoms with E-state index in [0.717, 1.165) is 23.9 Å². The van der Waals surface area contributed by atoms with Crippen molar-refractivity contribution < 1.29 is 4.79 Å². The molecule has 2 aromatic rings. The zero-order valence-corrected chi connectivity index (χ0v) is 11.1. The quantitative estimate of drug-likeness (QED) is 0.850. The molecule has 3 rings (SSSR count). The van der Waals surface area contributed by atoms with Crippen LogP contribution in [-0.4, -0.2) is 21.5 Å². The summed E-state index contributed by atoms with van der Waals surface area (Å²) < 4.78 is 2.33. The second-order valence-corrected chi connectivity index (χ2v) is 5.34. The SMILES string of the molecule is O=C(Cn1c(=S)[nH]c2cc(Cl)ccc21)NC1CC1. The molecule has 0 bridgehead atoms. The Kier molecular flexibility index (Phi) is 2.87. The summed E-state index contributed by atoms with van der Waals surface area (Å²) in [5.74, 6) is 0.00412. The van der Waals surface area contributed by atoms with Gasteiger partial charge in [-0.25, -0.2) is 0 Å². The van der Waals surface area contributed by atoms with Gasteiger partial charge in [-0.15, -0.1) is 0 Å². The van der Waals surface area contributed by atoms with Crippen LogP contribution >= 0.6 is 23.8 Å². The standard InChI is InChI=1S/C12H12ClN3OS/c13-7-1-4-10-9(5-7)15-12(18)16(10)6-11(17)14-8-2-3-8/h1,4-5,8H,2-3,6H2,(H,14,17)(H,15,18). The lowest BCUT2D eigenvalue weighted by Crippen LogP contribution is -2.29. The summed E-state index contributed by atoms with van der Waals surface area (Å²) in [4.78, 5) is 14.9. The predicted octanol–water partition coefficient (Wildman–Crippen LogP) is 2.63. The number of nitrogens with one attached hydrogen (secondary N) is 2. The first-order valence-electron chi connectivity index (χ1n) is 5.81. The Morgan fingerprint density at radius 2 is 2.33 bits per heavy atom. The number of fused-ring (bicyclic) bond motifs is 1. The smallest absolute Gasteiger partial charge is 0.240 e. The summed E-state index contributed by atoms with van der Waals surface area (Å²) in [5, 5.41) is 3.60. The third-order valence-corrected chi connectivity index (χ3v) is 3.54. The van der Waals surface area contributed by atoms with Gasteiger partial charge in [-0.1, -0.05) is 11.6 Å². The number of nitrogens with zero attached hydrogens (tertiary/aromatic N) is 1. The molecule has 1 amide bonds. The largest absolute Gasteiger partial charge is 0.352 e. The van der Waals surface area contributed by atoms with Crippen LogP contribution in [0.1, 0.15) is 12.8 Å². The van der Waals surface area contributed by atoms with Gasteiger partial charge in [0, 0.05) is 11.1 Å². The van der Waals surface area contributed by atoms with Gasteiger partial charge in [-0.3, -0.25) is 4.79 Å². The van der Waals surface area contributed by atoms with E-state index < -0.39 is 0 Å². The molecule has 4 nitrogen and oxygen atoms in total. The highest BCUT2D eigenvalue weighted by molar-refractivity contribution is 7.71. The second-order valence-electron chi connectivity index (χ2n) is 4.52. The first kappa shape index (κ1) is 11.7. The van der Waals surface area contributed by atoms with Gasteiger partial charge in [0.05, 0.1) is 11.0 Å². The summed E-state index contributed by atoms with van der Waals surface area (Å²) in [6.45, 7) is 0.247. The second kappa shape index (κ2) is 4.40. The van der Waals surface area contributed by atoms with Gasteiger partial charge in [-0.2, -0.15) is 0 Å². The van der Waals surface area contributed by atoms with Gasteiger partial charge >= 0.3 is 0 Å². The maximum Gasteiger partial charge on any atom is 0.240 e. The number of H-pyrrole nitrogens is 1. The molecular weight excluding hydrogens is 270 g/mol. The number of imidazole rings is 1. The molecule has 0 aliphatic heterocycles. The molecule has 18 heavy (non-hydrogen) atoms. The van der Waals surface area contributed by atoms with Crippen LogP contribution in [0.15, 0.2) is 18.2 Å². The van der Waals surface area contributed by atoms with E-state index in [-0.39, 0.29) is 12.5 Å². The zero-order valence-electron chi connectivity index (χ0n) is 9.57. The molecule has 1 aliphatic rings. The molecule has 0 saturated heterocycles. The fourth-order valence-corrected chi connectivity index (χ4v) is 2.38. The number of halogens is 1. The average Bonchev–Trinajstić information content (AvgIpc) is 3.05. The summed E-state index contributed by atoms with van der Waals surface area (Å²) in [5.41, 5.74) is 1.75. The number of rotatable bonds is 3. The number of benzene rings is 1. The highest BCUT2D eigenvalue weighted by Gasteiger charge is 2.23. The molecule has 2 N–H and O–H groups in total. The van der Waals surface area contributed by atoms with Crippen molar-refractivity contribution in [3.63, 3.8) is 0 Å². The van der Waals surface area contributed by atoms with Crippen LogP contribution in [0.25, 0.3) is 11.0 Å². The summed E-state index contributed by atoms with van der Waals surface area (Å²) in [7, 11) is 0. The fourth-order valence-electron chi connectivity index (χ4n) is 1.94. The fraction of sp³-hybridized carbons (Fsp3) is 0.333. The van der Waals surface area contributed by atoms with Gasteiger partial charge in [0.1, 0.15) is 6.54 Å². The number of aromatic nitrogens is 2. The minimum Gasteiger partial charge on any atom is -0.352 e. The van der Waals surface area contributed by atoms with Gasteiger partial charge in [0.15, 0.2) is 4.77 Å². The highest BCUT2D eigenvalue weighted by Crippen LogP contribution is 2.20. The molecule has 1 fully saturated rings. The van der Waals surface area contributed by atoms with E-state index in [4.69, 9.17) is 23.8 Å². The zero-order chi connectivity index (χ0) is 12.7. The van der Waals surface area contributed by atoms with Crippen LogP contribution in [0.4, 0.5) is 0 Å². The van der Waals surface area contributed by atoms with E-state index in [1.807, 2.05) is 12.1 Å². The van der Waals surface area contributed by atoms with Crippen molar-refractivity contribution in [2.45, 2.75) is 25.4 Å². The molecular formula is C12H12ClN3OS. The molecule has 1 aromatic heterocycles. The molecule has 1 aromatic carbocycles. The maximum absolute atomic E-state index is 11.8. The van der Waals surface area contributed by atoms with Gasteiger partial charge in [0.2, 0.25) is 5.91 Å². The Hall–Kier alpha value is -1.33. The number of hydrogen-bond donors (Lipinski definition) is 2. The van der Waals surface area contributed by atoms with Crippen LogP contribution in [0.5, 0.6) is 0 Å². The molecule has 94 valence electrons. The Balaban J connectivity index is 1.92. The average molecular weight is 282 g/mol. The van der Waals surface area contributed by atoms with E-state index in [1.165, 1.54) is 0 Å². The molecule has 1 aliphatic carbocycles. The molecule has 0 spiro atoms. The highest BCUT2D eigenvalue weighted by atomic mass is 35.5. The first-order chi connectivity index (χ1) is 8.63. The van der Waals surface area contributed by atoms with Crippen molar-refractivity contribution in [3.8, 4) is 0 Å². The van der Waals surface area contributed by atoms with Crippen LogP contribution in [0.2, 0.25) is 5.02 Å². The maximum atomic E-state index is 11.8. The Labute approximate surface area is 114 Å². The summed E-state index contributed by atoms with van der Waals surface area (Å²) in [6, 6.07) is 5.84. The van der Waals surface area contributed by atoms with Crippen molar-refractivity contribution in [2.24, 2.45) is 0 Å². The van der Waals surface area contributed by atoms with E-state index >= 15 is 0 Å². The lowest BCUT2D eigenvalue weighted by molar-refractivity contribution is -0.121. The van der Waals surface area contributed by atoms with E-state index in [2.05, 4.69) is 10.3 Å². The molecule has 0 unspecified atom stereocenters. The van der Waals surface area contributed by atoms with Crippen molar-refractivity contribution >= 4 is 40.8 Å². The van der Waals surface area contributed by atoms with Crippen molar-refractivity contribution in [3.05, 3.63) is 28.0 Å². The Bertz CT molecular complexity index is 672. The van der Waals surface area contributed by atoms with E-state index in [1.54, 1.807) is 10.6 Å². The minimum absolute atomic E-state index is 0.00412. The molecule has 6 heteroatoms. The van der Waals surface area contributed by atoms with Crippen molar-refractivity contribution in [1.29, 1.82) is 0 Å². The lowest BCUT2D eigenvalue weighted by Gasteiger charge is -2.05. The van der Waals surface area contributed by atoms with Gasteiger partial charge in [0.25, 0.3) is 0 Å². The lowest BCUT2D eigenvalue weighted by atomic mass is 10.3.